The molecule has 2 aliphatic rings. The molecule has 7 heteroatoms. The van der Waals surface area contributed by atoms with Crippen LogP contribution in [0.5, 0.6) is 0 Å². The number of rotatable bonds is 2. The Balaban J connectivity index is 1.54. The number of hydrogen-bond donors (Lipinski definition) is 0. The number of anilines is 1. The summed E-state index contributed by atoms with van der Waals surface area (Å²) in [5.41, 5.74) is 0.867. The van der Waals surface area contributed by atoms with E-state index in [4.69, 9.17) is 0 Å². The minimum absolute atomic E-state index is 0.0592. The maximum absolute atomic E-state index is 13.1. The monoisotopic (exact) mass is 356 g/mol. The standard InChI is InChI=1S/C18H20N4O2S/c1-13-20-15(11-25-13)16(23)21-8-3-5-18(12-21)6-9-22(17(18)24)14-4-2-7-19-10-14/h2,4,7,10-11H,3,5-6,8-9,12H2,1H3. The van der Waals surface area contributed by atoms with Crippen LogP contribution in [0.25, 0.3) is 0 Å². The van der Waals surface area contributed by atoms with Gasteiger partial charge in [0.2, 0.25) is 5.91 Å². The molecule has 0 N–H and O–H groups in total. The molecule has 2 aromatic rings. The Hall–Kier alpha value is -2.28. The predicted octanol–water partition coefficient (Wildman–Crippen LogP) is 2.51. The topological polar surface area (TPSA) is 66.4 Å². The minimum atomic E-state index is -0.463. The summed E-state index contributed by atoms with van der Waals surface area (Å²) in [6, 6.07) is 3.75. The lowest BCUT2D eigenvalue weighted by molar-refractivity contribution is -0.127. The summed E-state index contributed by atoms with van der Waals surface area (Å²) < 4.78 is 0. The van der Waals surface area contributed by atoms with Crippen molar-refractivity contribution in [2.24, 2.45) is 5.41 Å². The lowest BCUT2D eigenvalue weighted by Gasteiger charge is -2.38. The van der Waals surface area contributed by atoms with Crippen LogP contribution in [0.3, 0.4) is 0 Å². The van der Waals surface area contributed by atoms with Gasteiger partial charge in [-0.3, -0.25) is 14.6 Å². The van der Waals surface area contributed by atoms with Crippen LogP contribution >= 0.6 is 11.3 Å². The van der Waals surface area contributed by atoms with Gasteiger partial charge in [0, 0.05) is 31.2 Å². The zero-order chi connectivity index (χ0) is 17.4. The maximum Gasteiger partial charge on any atom is 0.273 e. The smallest absolute Gasteiger partial charge is 0.273 e. The van der Waals surface area contributed by atoms with Crippen LogP contribution < -0.4 is 4.90 Å². The normalized spacial score (nSPS) is 23.5. The van der Waals surface area contributed by atoms with E-state index in [9.17, 15) is 9.59 Å². The Labute approximate surface area is 150 Å². The molecule has 4 rings (SSSR count). The van der Waals surface area contributed by atoms with Crippen LogP contribution in [0.2, 0.25) is 0 Å². The molecule has 0 aromatic carbocycles. The Bertz CT molecular complexity index is 806. The SMILES string of the molecule is Cc1nc(C(=O)N2CCCC3(CCN(c4cccnc4)C3=O)C2)cs1. The fourth-order valence-corrected chi connectivity index (χ4v) is 4.47. The van der Waals surface area contributed by atoms with Gasteiger partial charge in [-0.25, -0.2) is 4.98 Å². The number of pyridine rings is 1. The van der Waals surface area contributed by atoms with Crippen LogP contribution in [0.4, 0.5) is 5.69 Å². The number of piperidine rings is 1. The van der Waals surface area contributed by atoms with Crippen LogP contribution in [0.15, 0.2) is 29.9 Å². The van der Waals surface area contributed by atoms with Gasteiger partial charge in [-0.1, -0.05) is 0 Å². The molecule has 0 radical (unpaired) electrons. The predicted molar refractivity (Wildman–Crippen MR) is 95.6 cm³/mol. The van der Waals surface area contributed by atoms with Crippen molar-refractivity contribution >= 4 is 28.8 Å². The third kappa shape index (κ3) is 2.82. The molecule has 130 valence electrons. The minimum Gasteiger partial charge on any atom is -0.336 e. The molecule has 2 aliphatic heterocycles. The number of aromatic nitrogens is 2. The Morgan fingerprint density at radius 3 is 2.92 bits per heavy atom. The Morgan fingerprint density at radius 1 is 1.32 bits per heavy atom. The average Bonchev–Trinajstić information content (AvgIpc) is 3.20. The lowest BCUT2D eigenvalue weighted by atomic mass is 9.78. The van der Waals surface area contributed by atoms with E-state index in [0.29, 0.717) is 25.3 Å². The molecule has 25 heavy (non-hydrogen) atoms. The highest BCUT2D eigenvalue weighted by Crippen LogP contribution is 2.42. The molecule has 1 unspecified atom stereocenters. The number of nitrogens with zero attached hydrogens (tertiary/aromatic N) is 4. The van der Waals surface area contributed by atoms with Gasteiger partial charge < -0.3 is 9.80 Å². The van der Waals surface area contributed by atoms with E-state index in [1.54, 1.807) is 17.8 Å². The molecule has 0 saturated carbocycles. The van der Waals surface area contributed by atoms with E-state index in [2.05, 4.69) is 9.97 Å². The Morgan fingerprint density at radius 2 is 2.20 bits per heavy atom. The Kier molecular flexibility index (Phi) is 4.03. The highest BCUT2D eigenvalue weighted by atomic mass is 32.1. The van der Waals surface area contributed by atoms with Gasteiger partial charge in [0.25, 0.3) is 5.91 Å². The largest absolute Gasteiger partial charge is 0.336 e. The second-order valence-corrected chi connectivity index (χ2v) is 7.84. The number of likely N-dealkylation sites (tertiary alicyclic amines) is 1. The molecule has 2 fully saturated rings. The molecule has 0 bridgehead atoms. The first-order valence-electron chi connectivity index (χ1n) is 8.52. The first-order valence-corrected chi connectivity index (χ1v) is 9.40. The highest BCUT2D eigenvalue weighted by Gasteiger charge is 2.50. The maximum atomic E-state index is 13.1. The van der Waals surface area contributed by atoms with E-state index < -0.39 is 5.41 Å². The molecule has 1 spiro atoms. The zero-order valence-electron chi connectivity index (χ0n) is 14.1. The first kappa shape index (κ1) is 16.2. The molecule has 0 aliphatic carbocycles. The second-order valence-electron chi connectivity index (χ2n) is 6.78. The van der Waals surface area contributed by atoms with Gasteiger partial charge in [-0.05, 0) is 38.3 Å². The molecule has 4 heterocycles. The van der Waals surface area contributed by atoms with Crippen molar-refractivity contribution < 1.29 is 9.59 Å². The summed E-state index contributed by atoms with van der Waals surface area (Å²) in [5.74, 6) is 0.0588. The summed E-state index contributed by atoms with van der Waals surface area (Å²) >= 11 is 1.48. The van der Waals surface area contributed by atoms with Gasteiger partial charge >= 0.3 is 0 Å². The third-order valence-electron chi connectivity index (χ3n) is 5.17. The van der Waals surface area contributed by atoms with Gasteiger partial charge in [0.15, 0.2) is 0 Å². The van der Waals surface area contributed by atoms with Crippen molar-refractivity contribution in [3.8, 4) is 0 Å². The average molecular weight is 356 g/mol. The summed E-state index contributed by atoms with van der Waals surface area (Å²) in [6.45, 7) is 3.75. The first-order chi connectivity index (χ1) is 12.1. The van der Waals surface area contributed by atoms with E-state index >= 15 is 0 Å². The van der Waals surface area contributed by atoms with Gasteiger partial charge in [0.05, 0.1) is 22.3 Å². The van der Waals surface area contributed by atoms with Crippen molar-refractivity contribution in [1.29, 1.82) is 0 Å². The van der Waals surface area contributed by atoms with Crippen LogP contribution in [0, 0.1) is 12.3 Å². The number of aryl methyl sites for hydroxylation is 1. The molecule has 1 atom stereocenters. The van der Waals surface area contributed by atoms with E-state index in [1.165, 1.54) is 11.3 Å². The van der Waals surface area contributed by atoms with Crippen molar-refractivity contribution in [2.75, 3.05) is 24.5 Å². The molecule has 6 nitrogen and oxygen atoms in total. The lowest BCUT2D eigenvalue weighted by Crippen LogP contribution is -2.50. The second kappa shape index (κ2) is 6.22. The summed E-state index contributed by atoms with van der Waals surface area (Å²) in [6.07, 6.45) is 5.89. The summed E-state index contributed by atoms with van der Waals surface area (Å²) in [4.78, 5) is 37.9. The van der Waals surface area contributed by atoms with E-state index in [0.717, 1.165) is 30.0 Å². The van der Waals surface area contributed by atoms with Crippen molar-refractivity contribution in [3.05, 3.63) is 40.6 Å². The number of carbonyl (C=O) groups excluding carboxylic acids is 2. The van der Waals surface area contributed by atoms with Gasteiger partial charge in [-0.2, -0.15) is 0 Å². The number of amides is 2. The molecule has 2 saturated heterocycles. The fraction of sp³-hybridized carbons (Fsp3) is 0.444. The van der Waals surface area contributed by atoms with Crippen molar-refractivity contribution in [3.63, 3.8) is 0 Å². The zero-order valence-corrected chi connectivity index (χ0v) is 15.0. The van der Waals surface area contributed by atoms with Crippen LogP contribution in [-0.2, 0) is 4.79 Å². The van der Waals surface area contributed by atoms with Crippen LogP contribution in [-0.4, -0.2) is 46.3 Å². The van der Waals surface area contributed by atoms with Crippen molar-refractivity contribution in [2.45, 2.75) is 26.2 Å². The highest BCUT2D eigenvalue weighted by molar-refractivity contribution is 7.09. The summed E-state index contributed by atoms with van der Waals surface area (Å²) in [7, 11) is 0. The molecular formula is C18H20N4O2S. The quantitative estimate of drug-likeness (QED) is 0.829. The number of hydrogen-bond acceptors (Lipinski definition) is 5. The van der Waals surface area contributed by atoms with Gasteiger partial charge in [0.1, 0.15) is 5.69 Å². The molecule has 2 aromatic heterocycles. The number of thiazole rings is 1. The third-order valence-corrected chi connectivity index (χ3v) is 5.95. The summed E-state index contributed by atoms with van der Waals surface area (Å²) in [5, 5.41) is 2.69. The van der Waals surface area contributed by atoms with Crippen LogP contribution in [0.1, 0.15) is 34.8 Å². The van der Waals surface area contributed by atoms with E-state index in [1.807, 2.05) is 28.9 Å². The number of carbonyl (C=O) groups is 2. The van der Waals surface area contributed by atoms with Crippen molar-refractivity contribution in [1.82, 2.24) is 14.9 Å². The fourth-order valence-electron chi connectivity index (χ4n) is 3.89. The van der Waals surface area contributed by atoms with E-state index in [-0.39, 0.29) is 11.8 Å². The van der Waals surface area contributed by atoms with Gasteiger partial charge in [-0.15, -0.1) is 11.3 Å². The molecule has 2 amide bonds. The molecular weight excluding hydrogens is 336 g/mol.